The van der Waals surface area contributed by atoms with Crippen LogP contribution in [0.15, 0.2) is 12.2 Å². The van der Waals surface area contributed by atoms with Crippen molar-refractivity contribution in [2.45, 2.75) is 101 Å². The van der Waals surface area contributed by atoms with Gasteiger partial charge in [0.1, 0.15) is 17.8 Å². The Morgan fingerprint density at radius 2 is 1.23 bits per heavy atom. The largest absolute Gasteiger partial charge is 0.390 e. The van der Waals surface area contributed by atoms with Crippen LogP contribution in [-0.4, -0.2) is 44.3 Å². The van der Waals surface area contributed by atoms with Gasteiger partial charge in [0.15, 0.2) is 0 Å². The Morgan fingerprint density at radius 1 is 0.818 bits per heavy atom. The second-order valence-electron chi connectivity index (χ2n) is 6.65. The molecule has 1 aliphatic rings. The maximum atomic E-state index is 10.2. The van der Waals surface area contributed by atoms with Gasteiger partial charge in [-0.15, -0.1) is 0 Å². The van der Waals surface area contributed by atoms with Crippen LogP contribution in [0.25, 0.3) is 0 Å². The van der Waals surface area contributed by atoms with E-state index in [0.717, 1.165) is 19.3 Å². The van der Waals surface area contributed by atoms with Gasteiger partial charge < -0.3 is 20.4 Å². The third-order valence-electron chi connectivity index (χ3n) is 4.79. The molecule has 0 spiro atoms. The van der Waals surface area contributed by atoms with Gasteiger partial charge in [-0.05, 0) is 6.42 Å². The van der Waals surface area contributed by atoms with E-state index in [9.17, 15) is 20.4 Å². The van der Waals surface area contributed by atoms with Gasteiger partial charge in [-0.25, -0.2) is 0 Å². The molecule has 3 atom stereocenters. The van der Waals surface area contributed by atoms with Gasteiger partial charge in [-0.1, -0.05) is 83.3 Å². The quantitative estimate of drug-likeness (QED) is 0.330. The van der Waals surface area contributed by atoms with Crippen LogP contribution in [0.1, 0.15) is 77.6 Å². The lowest BCUT2D eigenvalue weighted by atomic mass is 9.86. The molecule has 130 valence electrons. The van der Waals surface area contributed by atoms with Crippen LogP contribution in [0.2, 0.25) is 0 Å². The summed E-state index contributed by atoms with van der Waals surface area (Å²) in [4.78, 5) is 0. The van der Waals surface area contributed by atoms with E-state index in [4.69, 9.17) is 0 Å². The van der Waals surface area contributed by atoms with E-state index < -0.39 is 23.9 Å². The first-order chi connectivity index (χ1) is 10.5. The molecule has 0 saturated carbocycles. The lowest BCUT2D eigenvalue weighted by Gasteiger charge is -2.34. The molecule has 0 radical (unpaired) electrons. The molecule has 0 aromatic heterocycles. The molecular formula is C18H34O4. The Hall–Kier alpha value is -0.420. The molecule has 0 amide bonds. The topological polar surface area (TPSA) is 80.9 Å². The number of rotatable bonds is 12. The smallest absolute Gasteiger partial charge is 0.149 e. The maximum Gasteiger partial charge on any atom is 0.149 e. The Kier molecular flexibility index (Phi) is 9.25. The van der Waals surface area contributed by atoms with Gasteiger partial charge >= 0.3 is 0 Å². The fourth-order valence-corrected chi connectivity index (χ4v) is 3.14. The van der Waals surface area contributed by atoms with Crippen molar-refractivity contribution in [3.63, 3.8) is 0 Å². The molecular weight excluding hydrogens is 280 g/mol. The van der Waals surface area contributed by atoms with E-state index in [1.165, 1.54) is 57.1 Å². The first-order valence-corrected chi connectivity index (χ1v) is 8.98. The van der Waals surface area contributed by atoms with Gasteiger partial charge in [-0.3, -0.25) is 0 Å². The van der Waals surface area contributed by atoms with Crippen LogP contribution in [-0.2, 0) is 0 Å². The van der Waals surface area contributed by atoms with Crippen molar-refractivity contribution in [1.29, 1.82) is 0 Å². The van der Waals surface area contributed by atoms with Crippen molar-refractivity contribution in [1.82, 2.24) is 0 Å². The van der Waals surface area contributed by atoms with Crippen molar-refractivity contribution < 1.29 is 20.4 Å². The van der Waals surface area contributed by atoms with Gasteiger partial charge in [0.25, 0.3) is 0 Å². The average molecular weight is 314 g/mol. The summed E-state index contributed by atoms with van der Waals surface area (Å²) in [6.45, 7) is 2.23. The molecule has 0 unspecified atom stereocenters. The second-order valence-corrected chi connectivity index (χ2v) is 6.65. The molecule has 4 nitrogen and oxygen atoms in total. The highest BCUT2D eigenvalue weighted by atomic mass is 16.4. The van der Waals surface area contributed by atoms with Crippen LogP contribution in [0.3, 0.4) is 0 Å². The van der Waals surface area contributed by atoms with E-state index in [1.807, 2.05) is 0 Å². The number of hydrogen-bond donors (Lipinski definition) is 4. The van der Waals surface area contributed by atoms with Crippen molar-refractivity contribution in [2.24, 2.45) is 0 Å². The third-order valence-corrected chi connectivity index (χ3v) is 4.79. The number of hydrogen-bond acceptors (Lipinski definition) is 4. The van der Waals surface area contributed by atoms with E-state index >= 15 is 0 Å². The average Bonchev–Trinajstić information content (AvgIpc) is 2.77. The minimum Gasteiger partial charge on any atom is -0.390 e. The monoisotopic (exact) mass is 314 g/mol. The van der Waals surface area contributed by atoms with Crippen molar-refractivity contribution in [3.05, 3.63) is 12.2 Å². The standard InChI is InChI=1S/C18H34O4/c1-2-3-4-5-6-7-8-9-10-11-12-15(19)18(22)16(20)13-14-17(18)21/h13-17,19-22H,2-12H2,1H3/t15-,16+,17+/m1/s1. The summed E-state index contributed by atoms with van der Waals surface area (Å²) in [7, 11) is 0. The minimum atomic E-state index is -1.83. The Balaban J connectivity index is 2.03. The third kappa shape index (κ3) is 5.65. The molecule has 0 saturated heterocycles. The summed E-state index contributed by atoms with van der Waals surface area (Å²) in [6, 6.07) is 0. The number of unbranched alkanes of at least 4 members (excludes halogenated alkanes) is 9. The van der Waals surface area contributed by atoms with E-state index in [1.54, 1.807) is 0 Å². The summed E-state index contributed by atoms with van der Waals surface area (Å²) in [5, 5.41) is 39.7. The minimum absolute atomic E-state index is 0.406. The molecule has 0 aromatic carbocycles. The fraction of sp³-hybridized carbons (Fsp3) is 0.889. The van der Waals surface area contributed by atoms with Gasteiger partial charge in [-0.2, -0.15) is 0 Å². The summed E-state index contributed by atoms with van der Waals surface area (Å²) in [5.41, 5.74) is -1.83. The molecule has 22 heavy (non-hydrogen) atoms. The van der Waals surface area contributed by atoms with Crippen LogP contribution >= 0.6 is 0 Å². The predicted molar refractivity (Wildman–Crippen MR) is 88.6 cm³/mol. The lowest BCUT2D eigenvalue weighted by Crippen LogP contribution is -2.56. The zero-order valence-corrected chi connectivity index (χ0v) is 14.0. The van der Waals surface area contributed by atoms with E-state index in [-0.39, 0.29) is 0 Å². The maximum absolute atomic E-state index is 10.2. The second kappa shape index (κ2) is 10.4. The predicted octanol–water partition coefficient (Wildman–Crippen LogP) is 2.68. The molecule has 0 aliphatic heterocycles. The molecule has 1 aliphatic carbocycles. The van der Waals surface area contributed by atoms with E-state index in [2.05, 4.69) is 6.92 Å². The highest BCUT2D eigenvalue weighted by Crippen LogP contribution is 2.30. The number of aliphatic hydroxyl groups is 4. The molecule has 0 heterocycles. The molecule has 1 rings (SSSR count). The van der Waals surface area contributed by atoms with Crippen molar-refractivity contribution in [2.75, 3.05) is 0 Å². The zero-order chi connectivity index (χ0) is 16.4. The first kappa shape index (κ1) is 19.6. The normalized spacial score (nSPS) is 24.8. The molecule has 4 heteroatoms. The molecule has 0 fully saturated rings. The SMILES string of the molecule is CCCCCCCCCCCC[C@@H](O)C1(O)[C@@H](O)C=C[C@@H]1O. The number of aliphatic hydroxyl groups excluding tert-OH is 3. The summed E-state index contributed by atoms with van der Waals surface area (Å²) in [6.07, 6.45) is 11.7. The fourth-order valence-electron chi connectivity index (χ4n) is 3.14. The van der Waals surface area contributed by atoms with Crippen molar-refractivity contribution >= 4 is 0 Å². The molecule has 0 aromatic rings. The van der Waals surface area contributed by atoms with Crippen molar-refractivity contribution in [3.8, 4) is 0 Å². The summed E-state index contributed by atoms with van der Waals surface area (Å²) >= 11 is 0. The summed E-state index contributed by atoms with van der Waals surface area (Å²) in [5.74, 6) is 0. The Morgan fingerprint density at radius 3 is 1.68 bits per heavy atom. The van der Waals surface area contributed by atoms with Gasteiger partial charge in [0.05, 0.1) is 6.10 Å². The van der Waals surface area contributed by atoms with Crippen LogP contribution in [0.5, 0.6) is 0 Å². The van der Waals surface area contributed by atoms with Gasteiger partial charge in [0.2, 0.25) is 0 Å². The van der Waals surface area contributed by atoms with Gasteiger partial charge in [0, 0.05) is 0 Å². The van der Waals surface area contributed by atoms with Crippen LogP contribution in [0.4, 0.5) is 0 Å². The lowest BCUT2D eigenvalue weighted by molar-refractivity contribution is -0.168. The Labute approximate surface area is 134 Å². The zero-order valence-electron chi connectivity index (χ0n) is 14.0. The first-order valence-electron chi connectivity index (χ1n) is 8.98. The Bertz CT molecular complexity index is 304. The highest BCUT2D eigenvalue weighted by molar-refractivity contribution is 5.20. The van der Waals surface area contributed by atoms with E-state index in [0.29, 0.717) is 6.42 Å². The molecule has 0 bridgehead atoms. The van der Waals surface area contributed by atoms with Crippen LogP contribution in [0, 0.1) is 0 Å². The van der Waals surface area contributed by atoms with Crippen LogP contribution < -0.4 is 0 Å². The highest BCUT2D eigenvalue weighted by Gasteiger charge is 2.49. The summed E-state index contributed by atoms with van der Waals surface area (Å²) < 4.78 is 0. The molecule has 4 N–H and O–H groups in total.